The molecule has 0 aliphatic heterocycles. The van der Waals surface area contributed by atoms with Crippen LogP contribution in [0.5, 0.6) is 0 Å². The Morgan fingerprint density at radius 1 is 1.17 bits per heavy atom. The van der Waals surface area contributed by atoms with E-state index in [2.05, 4.69) is 47.1 Å². The third-order valence-corrected chi connectivity index (χ3v) is 3.75. The van der Waals surface area contributed by atoms with Gasteiger partial charge in [0.05, 0.1) is 6.54 Å². The molecule has 0 aromatic heterocycles. The van der Waals surface area contributed by atoms with Gasteiger partial charge in [-0.05, 0) is 52.0 Å². The molecule has 23 heavy (non-hydrogen) atoms. The Bertz CT molecular complexity index is 557. The Kier molecular flexibility index (Phi) is 5.42. The quantitative estimate of drug-likeness (QED) is 0.782. The number of carbonyl (C=O) groups is 2. The lowest BCUT2D eigenvalue weighted by Gasteiger charge is -2.21. The Hall–Kier alpha value is -1.88. The number of amides is 3. The van der Waals surface area contributed by atoms with E-state index in [0.29, 0.717) is 5.92 Å². The molecule has 1 fully saturated rings. The van der Waals surface area contributed by atoms with Crippen LogP contribution in [0.25, 0.3) is 0 Å². The van der Waals surface area contributed by atoms with Gasteiger partial charge in [-0.15, -0.1) is 0 Å². The van der Waals surface area contributed by atoms with Crippen LogP contribution in [0.3, 0.4) is 0 Å². The van der Waals surface area contributed by atoms with Crippen LogP contribution < -0.4 is 16.0 Å². The highest BCUT2D eigenvalue weighted by molar-refractivity contribution is 5.95. The Labute approximate surface area is 138 Å². The molecule has 0 saturated heterocycles. The Balaban J connectivity index is 1.86. The molecule has 1 aromatic rings. The van der Waals surface area contributed by atoms with E-state index < -0.39 is 6.03 Å². The third-order valence-electron chi connectivity index (χ3n) is 3.75. The largest absolute Gasteiger partial charge is 0.333 e. The van der Waals surface area contributed by atoms with Crippen molar-refractivity contribution in [1.29, 1.82) is 0 Å². The molecular formula is C18H27N3O2. The van der Waals surface area contributed by atoms with E-state index in [1.807, 2.05) is 20.8 Å². The highest BCUT2D eigenvalue weighted by Crippen LogP contribution is 2.40. The van der Waals surface area contributed by atoms with Crippen molar-refractivity contribution >= 4 is 11.9 Å². The minimum atomic E-state index is -0.456. The van der Waals surface area contributed by atoms with Crippen molar-refractivity contribution in [3.63, 3.8) is 0 Å². The molecule has 1 atom stereocenters. The molecule has 2 rings (SSSR count). The summed E-state index contributed by atoms with van der Waals surface area (Å²) in [5, 5.41) is 8.37. The summed E-state index contributed by atoms with van der Waals surface area (Å²) in [7, 11) is 0. The van der Waals surface area contributed by atoms with Crippen LogP contribution in [0.4, 0.5) is 4.79 Å². The van der Waals surface area contributed by atoms with Gasteiger partial charge in [-0.2, -0.15) is 0 Å². The van der Waals surface area contributed by atoms with Gasteiger partial charge in [-0.3, -0.25) is 10.1 Å². The van der Waals surface area contributed by atoms with E-state index in [1.165, 1.54) is 24.0 Å². The van der Waals surface area contributed by atoms with Crippen molar-refractivity contribution in [2.75, 3.05) is 6.54 Å². The van der Waals surface area contributed by atoms with Crippen LogP contribution in [0.2, 0.25) is 0 Å². The van der Waals surface area contributed by atoms with E-state index >= 15 is 0 Å². The van der Waals surface area contributed by atoms with Gasteiger partial charge in [0, 0.05) is 11.6 Å². The zero-order chi connectivity index (χ0) is 17.0. The van der Waals surface area contributed by atoms with E-state index in [4.69, 9.17) is 0 Å². The number of urea groups is 1. The molecule has 126 valence electrons. The predicted octanol–water partition coefficient (Wildman–Crippen LogP) is 2.66. The highest BCUT2D eigenvalue weighted by atomic mass is 16.2. The maximum absolute atomic E-state index is 11.9. The lowest BCUT2D eigenvalue weighted by Crippen LogP contribution is -2.50. The van der Waals surface area contributed by atoms with Crippen molar-refractivity contribution < 1.29 is 9.59 Å². The minimum absolute atomic E-state index is 0.132. The fourth-order valence-electron chi connectivity index (χ4n) is 2.51. The first-order chi connectivity index (χ1) is 10.7. The Morgan fingerprint density at radius 3 is 2.30 bits per heavy atom. The van der Waals surface area contributed by atoms with Gasteiger partial charge in [-0.25, -0.2) is 4.79 Å². The van der Waals surface area contributed by atoms with Gasteiger partial charge in [0.25, 0.3) is 0 Å². The zero-order valence-corrected chi connectivity index (χ0v) is 14.4. The molecule has 0 spiro atoms. The summed E-state index contributed by atoms with van der Waals surface area (Å²) < 4.78 is 0. The molecule has 5 nitrogen and oxygen atoms in total. The van der Waals surface area contributed by atoms with Crippen LogP contribution in [0, 0.1) is 12.8 Å². The average molecular weight is 317 g/mol. The van der Waals surface area contributed by atoms with Crippen LogP contribution >= 0.6 is 0 Å². The molecule has 5 heteroatoms. The van der Waals surface area contributed by atoms with Crippen LogP contribution in [0.15, 0.2) is 24.3 Å². The van der Waals surface area contributed by atoms with Gasteiger partial charge in [-0.1, -0.05) is 29.8 Å². The minimum Gasteiger partial charge on any atom is -0.333 e. The van der Waals surface area contributed by atoms with Crippen molar-refractivity contribution in [2.45, 2.75) is 52.1 Å². The smallest absolute Gasteiger partial charge is 0.321 e. The topological polar surface area (TPSA) is 70.2 Å². The monoisotopic (exact) mass is 317 g/mol. The van der Waals surface area contributed by atoms with Crippen LogP contribution in [0.1, 0.15) is 50.8 Å². The predicted molar refractivity (Wildman–Crippen MR) is 91.1 cm³/mol. The molecular weight excluding hydrogens is 290 g/mol. The third kappa shape index (κ3) is 6.02. The first kappa shape index (κ1) is 17.5. The van der Waals surface area contributed by atoms with Crippen molar-refractivity contribution in [3.05, 3.63) is 35.4 Å². The lowest BCUT2D eigenvalue weighted by atomic mass is 10.0. The molecule has 3 N–H and O–H groups in total. The summed E-state index contributed by atoms with van der Waals surface area (Å²) in [5.74, 6) is 0.262. The molecule has 1 aliphatic carbocycles. The van der Waals surface area contributed by atoms with Crippen molar-refractivity contribution in [1.82, 2.24) is 16.0 Å². The number of hydrogen-bond acceptors (Lipinski definition) is 3. The molecule has 0 bridgehead atoms. The molecule has 3 amide bonds. The number of imide groups is 1. The number of benzene rings is 1. The van der Waals surface area contributed by atoms with E-state index in [-0.39, 0.29) is 24.0 Å². The summed E-state index contributed by atoms with van der Waals surface area (Å²) in [5.41, 5.74) is 2.06. The number of rotatable bonds is 5. The number of hydrogen-bond donors (Lipinski definition) is 3. The summed E-state index contributed by atoms with van der Waals surface area (Å²) in [4.78, 5) is 23.6. The van der Waals surface area contributed by atoms with Crippen LogP contribution in [-0.4, -0.2) is 24.0 Å². The first-order valence-electron chi connectivity index (χ1n) is 8.16. The van der Waals surface area contributed by atoms with E-state index in [0.717, 1.165) is 0 Å². The van der Waals surface area contributed by atoms with Gasteiger partial charge in [0.2, 0.25) is 5.91 Å². The second kappa shape index (κ2) is 7.13. The fourth-order valence-corrected chi connectivity index (χ4v) is 2.51. The maximum Gasteiger partial charge on any atom is 0.321 e. The normalized spacial score (nSPS) is 15.8. The average Bonchev–Trinajstić information content (AvgIpc) is 3.23. The molecule has 1 aliphatic rings. The number of nitrogens with one attached hydrogen (secondary N) is 3. The SMILES string of the molecule is Cc1ccc(C(NCC(=O)NC(=O)NC(C)(C)C)C2CC2)cc1. The standard InChI is InChI=1S/C18H27N3O2/c1-12-5-7-13(8-6-12)16(14-9-10-14)19-11-15(22)20-17(23)21-18(2,3)4/h5-8,14,16,19H,9-11H2,1-4H3,(H2,20,21,22,23). The summed E-state index contributed by atoms with van der Waals surface area (Å²) >= 11 is 0. The first-order valence-corrected chi connectivity index (χ1v) is 8.16. The molecule has 1 unspecified atom stereocenters. The molecule has 1 saturated carbocycles. The van der Waals surface area contributed by atoms with E-state index in [9.17, 15) is 9.59 Å². The number of carbonyl (C=O) groups excluding carboxylic acids is 2. The maximum atomic E-state index is 11.9. The zero-order valence-electron chi connectivity index (χ0n) is 14.4. The second-order valence-electron chi connectivity index (χ2n) is 7.36. The Morgan fingerprint density at radius 2 is 1.78 bits per heavy atom. The molecule has 0 heterocycles. The van der Waals surface area contributed by atoms with E-state index in [1.54, 1.807) is 0 Å². The number of aryl methyl sites for hydroxylation is 1. The van der Waals surface area contributed by atoms with Crippen LogP contribution in [-0.2, 0) is 4.79 Å². The van der Waals surface area contributed by atoms with Gasteiger partial charge >= 0.3 is 6.03 Å². The van der Waals surface area contributed by atoms with Gasteiger partial charge < -0.3 is 10.6 Å². The summed E-state index contributed by atoms with van der Waals surface area (Å²) in [6, 6.07) is 8.10. The second-order valence-corrected chi connectivity index (χ2v) is 7.36. The van der Waals surface area contributed by atoms with Gasteiger partial charge in [0.15, 0.2) is 0 Å². The summed E-state index contributed by atoms with van der Waals surface area (Å²) in [6.07, 6.45) is 2.36. The summed E-state index contributed by atoms with van der Waals surface area (Å²) in [6.45, 7) is 7.80. The fraction of sp³-hybridized carbons (Fsp3) is 0.556. The van der Waals surface area contributed by atoms with Gasteiger partial charge in [0.1, 0.15) is 0 Å². The lowest BCUT2D eigenvalue weighted by molar-refractivity contribution is -0.119. The van der Waals surface area contributed by atoms with Crippen molar-refractivity contribution in [2.24, 2.45) is 5.92 Å². The highest BCUT2D eigenvalue weighted by Gasteiger charge is 2.32. The van der Waals surface area contributed by atoms with Crippen molar-refractivity contribution in [3.8, 4) is 0 Å². The molecule has 1 aromatic carbocycles. The molecule has 0 radical (unpaired) electrons.